The molecule has 5 N–H and O–H groups in total. The van der Waals surface area contributed by atoms with Gasteiger partial charge in [0.05, 0.1) is 10.6 Å². The van der Waals surface area contributed by atoms with Crippen molar-refractivity contribution in [1.29, 1.82) is 16.2 Å². The Morgan fingerprint density at radius 3 is 1.23 bits per heavy atom. The average Bonchev–Trinajstić information content (AvgIpc) is 1.55. The van der Waals surface area contributed by atoms with Crippen LogP contribution in [0.4, 0.5) is 29.1 Å². The average molecular weight is 1860 g/mol. The Morgan fingerprint density at radius 1 is 0.343 bits per heavy atom. The molecule has 11 aliphatic rings. The number of rotatable bonds is 12. The minimum absolute atomic E-state index is 0.0912. The Labute approximate surface area is 794 Å². The molecular formula is C102H60Al3N24O6P2. The van der Waals surface area contributed by atoms with E-state index in [0.29, 0.717) is 158 Å². The zero-order valence-corrected chi connectivity index (χ0v) is 76.6. The Bertz CT molecular complexity index is 8610. The number of fused-ring (bicyclic) bond motifs is 26. The summed E-state index contributed by atoms with van der Waals surface area (Å²) in [6.45, 7) is 0. The highest BCUT2D eigenvalue weighted by molar-refractivity contribution is 7.64. The Morgan fingerprint density at radius 2 is 0.723 bits per heavy atom. The number of benzene rings is 13. The number of aromatic nitrogens is 3. The van der Waals surface area contributed by atoms with Crippen molar-refractivity contribution in [1.82, 2.24) is 23.7 Å². The number of aliphatic imine (C=N–C) groups is 15. The van der Waals surface area contributed by atoms with Gasteiger partial charge in [-0.2, -0.15) is 0 Å². The molecule has 0 fully saturated rings. The minimum atomic E-state index is -5.56. The van der Waals surface area contributed by atoms with Crippen molar-refractivity contribution in [3.8, 4) is 0 Å². The van der Waals surface area contributed by atoms with Crippen molar-refractivity contribution in [2.45, 2.75) is 0 Å². The van der Waals surface area contributed by atoms with Crippen LogP contribution < -0.4 is 15.9 Å². The quantitative estimate of drug-likeness (QED) is 0.0572. The molecule has 0 saturated heterocycles. The van der Waals surface area contributed by atoms with Gasteiger partial charge in [0, 0.05) is 140 Å². The second-order valence-corrected chi connectivity index (χ2v) is 43.0. The summed E-state index contributed by atoms with van der Waals surface area (Å²) in [6, 6.07) is 97.2. The summed E-state index contributed by atoms with van der Waals surface area (Å²) in [7, 11) is -10.6. The van der Waals surface area contributed by atoms with E-state index in [0.717, 1.165) is 44.3 Å². The van der Waals surface area contributed by atoms with Gasteiger partial charge >= 0.3 is 60.8 Å². The molecule has 3 aromatic heterocycles. The summed E-state index contributed by atoms with van der Waals surface area (Å²) < 4.78 is 67.1. The van der Waals surface area contributed by atoms with E-state index in [1.165, 1.54) is 24.3 Å². The van der Waals surface area contributed by atoms with E-state index in [1.807, 2.05) is 304 Å². The number of hydrogen-bond donors (Lipinski definition) is 5. The van der Waals surface area contributed by atoms with E-state index in [-0.39, 0.29) is 63.1 Å². The molecule has 11 aliphatic heterocycles. The van der Waals surface area contributed by atoms with Gasteiger partial charge in [-0.25, -0.2) is 74.9 Å². The maximum atomic E-state index is 19.5. The second-order valence-electron chi connectivity index (χ2n) is 33.3. The summed E-state index contributed by atoms with van der Waals surface area (Å²) in [5, 5.41) is 37.3. The third-order valence-corrected chi connectivity index (χ3v) is 37.0. The van der Waals surface area contributed by atoms with E-state index in [9.17, 15) is 15.7 Å². The highest BCUT2D eigenvalue weighted by atomic mass is 31.2. The molecule has 0 saturated carbocycles. The van der Waals surface area contributed by atoms with Crippen LogP contribution in [0.1, 0.15) is 100 Å². The van der Waals surface area contributed by atoms with E-state index in [1.54, 1.807) is 23.7 Å². The maximum absolute atomic E-state index is 19.5. The van der Waals surface area contributed by atoms with Gasteiger partial charge in [-0.3, -0.25) is 25.4 Å². The molecule has 1 radical (unpaired) electrons. The van der Waals surface area contributed by atoms with Gasteiger partial charge in [0.1, 0.15) is 64.1 Å². The second kappa shape index (κ2) is 31.2. The van der Waals surface area contributed by atoms with Gasteiger partial charge in [0.25, 0.3) is 0 Å². The summed E-state index contributed by atoms with van der Waals surface area (Å²) >= 11 is -10.6. The first-order valence-corrected chi connectivity index (χ1v) is 50.8. The van der Waals surface area contributed by atoms with Crippen molar-refractivity contribution < 1.29 is 24.7 Å². The van der Waals surface area contributed by atoms with Crippen LogP contribution in [0.2, 0.25) is 0 Å². The molecule has 1 unspecified atom stereocenters. The fourth-order valence-corrected chi connectivity index (χ4v) is 30.8. The fourth-order valence-electron chi connectivity index (χ4n) is 19.1. The molecule has 4 bridgehead atoms. The third-order valence-electron chi connectivity index (χ3n) is 25.5. The molecule has 1 atom stereocenters. The molecule has 30 nitrogen and oxygen atoms in total. The zero-order chi connectivity index (χ0) is 91.2. The standard InChI is InChI=1S/C32H19N8.2C32H18N8.C6H8O6P2.3Al/c3*33-26-20-11-3-4-12-21(20)28(35-26)37-30-24-15-7-8-16-25(24)32(39-30)40-31-23-14-6-5-13-22(23)29(38-31)36-27-19-10-2-1-9-18(19)17-34-27;7-13(8,9)5-1-2-6(4-3-5)14(10,11)12;;;/h1-17H,(H2,33,35,36,37,38,39,40);2*1-17H,(H-,33,35,37,39,40);1-4H,(H2,7,8,9)(H2,10,11,12);;;/q-1;2*-2;;+2;2*+3/p-3/b;2*36-27-;;;;. The van der Waals surface area contributed by atoms with Crippen LogP contribution in [-0.2, 0) is 19.9 Å². The smallest absolute Gasteiger partial charge is 0.416 e. The first-order chi connectivity index (χ1) is 67.2. The summed E-state index contributed by atoms with van der Waals surface area (Å²) in [5.41, 5.74) is 12.1. The molecule has 0 amide bonds. The first-order valence-electron chi connectivity index (χ1n) is 43.7. The number of nitrogens with zero attached hydrogens (tertiary/aromatic N) is 20. The van der Waals surface area contributed by atoms with Crippen molar-refractivity contribution >= 4 is 239 Å². The lowest BCUT2D eigenvalue weighted by Crippen LogP contribution is -2.53. The summed E-state index contributed by atoms with van der Waals surface area (Å²) in [6.07, 6.45) is 5.34. The molecule has 27 rings (SSSR count). The minimum Gasteiger partial charge on any atom is -0.416 e. The van der Waals surface area contributed by atoms with Crippen molar-refractivity contribution in [2.75, 3.05) is 0 Å². The molecule has 643 valence electrons. The van der Waals surface area contributed by atoms with E-state index >= 15 is 9.13 Å². The molecule has 0 spiro atoms. The zero-order valence-electron chi connectivity index (χ0n) is 71.3. The van der Waals surface area contributed by atoms with Crippen molar-refractivity contribution in [3.05, 3.63) is 422 Å². The lowest BCUT2D eigenvalue weighted by atomic mass is 10.1. The van der Waals surface area contributed by atoms with Crippen LogP contribution in [0.15, 0.2) is 397 Å². The summed E-state index contributed by atoms with van der Waals surface area (Å²) in [5.74, 6) is 5.76. The predicted molar refractivity (Wildman–Crippen MR) is 539 cm³/mol. The third kappa shape index (κ3) is 12.9. The largest absolute Gasteiger partial charge is 0.816 e. The molecule has 35 heteroatoms. The topological polar surface area (TPSA) is 372 Å². The SMILES string of the molecule is N=C1N=C(N=C2NC(=NC3=N/C(=N\c4c5ccccc5c[n]4[Al][O]P(=O)(O)c4ccc(P(=O)([O][Al]5[N]6C(=N)c7ccccc7C6=NC6=N/C(=N\c7c8ccccc8c(/N=C8\N=Cc9ccccc98)[n]75)c5ccccc56)[O][Al]5[N]6C(=N)c7ccccc7C6=NC6=N/C(=N\c7c8ccccc8c(/N=C8\N=Cc9ccccc98)[n]75)c5ccccc56)cc4)c4ccccc43)c3ccccc32)c2ccccc21. The van der Waals surface area contributed by atoms with Crippen LogP contribution in [0.3, 0.4) is 0 Å². The Kier molecular flexibility index (Phi) is 18.3. The molecule has 14 heterocycles. The number of amidine groups is 16. The van der Waals surface area contributed by atoms with Crippen molar-refractivity contribution in [3.63, 3.8) is 0 Å². The number of nitrogens with one attached hydrogen (secondary N) is 4. The van der Waals surface area contributed by atoms with Crippen LogP contribution in [-0.4, -0.2) is 175 Å². The van der Waals surface area contributed by atoms with Crippen LogP contribution in [0.5, 0.6) is 0 Å². The van der Waals surface area contributed by atoms with E-state index < -0.39 is 60.8 Å². The van der Waals surface area contributed by atoms with E-state index in [2.05, 4.69) is 10.3 Å². The monoisotopic (exact) mass is 1860 g/mol. The highest BCUT2D eigenvalue weighted by Gasteiger charge is 2.59. The molecule has 0 aliphatic carbocycles. The molecule has 13 aromatic carbocycles. The van der Waals surface area contributed by atoms with E-state index in [4.69, 9.17) is 86.0 Å². The van der Waals surface area contributed by atoms with Crippen molar-refractivity contribution in [2.24, 2.45) is 74.9 Å². The van der Waals surface area contributed by atoms with Crippen LogP contribution in [0, 0.1) is 16.2 Å². The molecular weight excluding hydrogens is 1800 g/mol. The first kappa shape index (κ1) is 80.5. The van der Waals surface area contributed by atoms with Gasteiger partial charge in [-0.05, 0) is 35.8 Å². The Balaban J connectivity index is 0.642. The lowest BCUT2D eigenvalue weighted by Gasteiger charge is -2.34. The van der Waals surface area contributed by atoms with Gasteiger partial charge < -0.3 is 39.4 Å². The van der Waals surface area contributed by atoms with Gasteiger partial charge in [-0.1, -0.05) is 291 Å². The van der Waals surface area contributed by atoms with Gasteiger partial charge in [0.15, 0.2) is 58.4 Å². The van der Waals surface area contributed by atoms with Gasteiger partial charge in [-0.15, -0.1) is 0 Å². The maximum Gasteiger partial charge on any atom is 0.816 e. The predicted octanol–water partition coefficient (Wildman–Crippen LogP) is 16.7. The Hall–Kier alpha value is -16.2. The number of hydrogen-bond acceptors (Lipinski definition) is 19. The fraction of sp³-hybridized carbons (Fsp3) is 0. The molecule has 137 heavy (non-hydrogen) atoms. The summed E-state index contributed by atoms with van der Waals surface area (Å²) in [4.78, 5) is 92.1. The van der Waals surface area contributed by atoms with Crippen LogP contribution >= 0.6 is 15.2 Å². The lowest BCUT2D eigenvalue weighted by molar-refractivity contribution is 0.378. The molecule has 16 aromatic rings. The van der Waals surface area contributed by atoms with Crippen LogP contribution in [0.25, 0.3) is 32.3 Å². The normalized spacial score (nSPS) is 18.8. The highest BCUT2D eigenvalue weighted by Crippen LogP contribution is 2.56. The van der Waals surface area contributed by atoms with Gasteiger partial charge in [0.2, 0.25) is 0 Å².